The summed E-state index contributed by atoms with van der Waals surface area (Å²) in [5.74, 6) is 0.272. The van der Waals surface area contributed by atoms with Gasteiger partial charge < -0.3 is 5.32 Å². The number of alkyl halides is 1. The summed E-state index contributed by atoms with van der Waals surface area (Å²) in [6.45, 7) is 2.16. The van der Waals surface area contributed by atoms with E-state index in [4.69, 9.17) is 11.6 Å². The van der Waals surface area contributed by atoms with Gasteiger partial charge in [-0.25, -0.2) is 4.79 Å². The van der Waals surface area contributed by atoms with Crippen LogP contribution in [0.2, 0.25) is 0 Å². The van der Waals surface area contributed by atoms with Gasteiger partial charge in [0.1, 0.15) is 5.38 Å². The molecule has 1 aliphatic rings. The van der Waals surface area contributed by atoms with E-state index in [-0.39, 0.29) is 0 Å². The Morgan fingerprint density at radius 1 is 1.29 bits per heavy atom. The largest absolute Gasteiger partial charge is 0.338 e. The SMILES string of the molecule is CC(Cl)C(=O)NC(=O)NCCC1CCCCC1. The normalized spacial score (nSPS) is 18.5. The average molecular weight is 261 g/mol. The lowest BCUT2D eigenvalue weighted by molar-refractivity contribution is -0.119. The molecule has 1 saturated carbocycles. The maximum Gasteiger partial charge on any atom is 0.321 e. The van der Waals surface area contributed by atoms with Crippen molar-refractivity contribution < 1.29 is 9.59 Å². The van der Waals surface area contributed by atoms with Crippen LogP contribution in [-0.4, -0.2) is 23.9 Å². The summed E-state index contributed by atoms with van der Waals surface area (Å²) in [6, 6.07) is -0.446. The van der Waals surface area contributed by atoms with E-state index in [1.54, 1.807) is 0 Å². The highest BCUT2D eigenvalue weighted by Gasteiger charge is 2.15. The van der Waals surface area contributed by atoms with Crippen LogP contribution in [-0.2, 0) is 4.79 Å². The Hall–Kier alpha value is -0.770. The highest BCUT2D eigenvalue weighted by atomic mass is 35.5. The third-order valence-electron chi connectivity index (χ3n) is 3.16. The van der Waals surface area contributed by atoms with E-state index >= 15 is 0 Å². The molecule has 0 aliphatic heterocycles. The third kappa shape index (κ3) is 5.91. The zero-order chi connectivity index (χ0) is 12.7. The molecule has 0 aromatic heterocycles. The molecule has 0 radical (unpaired) electrons. The Kier molecular flexibility index (Phi) is 6.34. The number of imide groups is 1. The van der Waals surface area contributed by atoms with E-state index in [9.17, 15) is 9.59 Å². The van der Waals surface area contributed by atoms with Crippen LogP contribution in [0.1, 0.15) is 45.4 Å². The predicted molar refractivity (Wildman–Crippen MR) is 68.0 cm³/mol. The van der Waals surface area contributed by atoms with Crippen molar-refractivity contribution in [2.24, 2.45) is 5.92 Å². The summed E-state index contributed by atoms with van der Waals surface area (Å²) in [5, 5.41) is 4.20. The van der Waals surface area contributed by atoms with Crippen molar-refractivity contribution in [3.05, 3.63) is 0 Å². The molecule has 4 nitrogen and oxygen atoms in total. The second-order valence-electron chi connectivity index (χ2n) is 4.65. The van der Waals surface area contributed by atoms with Crippen molar-refractivity contribution in [1.82, 2.24) is 10.6 Å². The van der Waals surface area contributed by atoms with Crippen LogP contribution < -0.4 is 10.6 Å². The minimum absolute atomic E-state index is 0.446. The molecule has 1 unspecified atom stereocenters. The van der Waals surface area contributed by atoms with Gasteiger partial charge in [0.2, 0.25) is 5.91 Å². The number of carbonyl (C=O) groups excluding carboxylic acids is 2. The summed E-state index contributed by atoms with van der Waals surface area (Å²) in [7, 11) is 0. The Morgan fingerprint density at radius 3 is 2.53 bits per heavy atom. The molecule has 0 aromatic carbocycles. The number of carbonyl (C=O) groups is 2. The number of rotatable bonds is 4. The van der Waals surface area contributed by atoms with Crippen molar-refractivity contribution in [2.45, 2.75) is 50.8 Å². The first-order chi connectivity index (χ1) is 8.09. The molecule has 1 aliphatic carbocycles. The van der Waals surface area contributed by atoms with Gasteiger partial charge in [-0.15, -0.1) is 11.6 Å². The molecule has 0 aromatic rings. The first kappa shape index (κ1) is 14.3. The molecule has 98 valence electrons. The summed E-state index contributed by atoms with van der Waals surface area (Å²) in [4.78, 5) is 22.4. The molecule has 0 heterocycles. The number of amides is 3. The van der Waals surface area contributed by atoms with E-state index in [0.29, 0.717) is 6.54 Å². The molecular formula is C12H21ClN2O2. The lowest BCUT2D eigenvalue weighted by Gasteiger charge is -2.21. The molecule has 0 saturated heterocycles. The molecule has 5 heteroatoms. The van der Waals surface area contributed by atoms with Gasteiger partial charge in [0, 0.05) is 6.54 Å². The zero-order valence-electron chi connectivity index (χ0n) is 10.3. The lowest BCUT2D eigenvalue weighted by atomic mass is 9.87. The van der Waals surface area contributed by atoms with E-state index in [1.807, 2.05) is 0 Å². The van der Waals surface area contributed by atoms with Crippen molar-refractivity contribution in [3.8, 4) is 0 Å². The zero-order valence-corrected chi connectivity index (χ0v) is 11.1. The van der Waals surface area contributed by atoms with E-state index < -0.39 is 17.3 Å². The molecular weight excluding hydrogens is 240 g/mol. The first-order valence-electron chi connectivity index (χ1n) is 6.32. The van der Waals surface area contributed by atoms with Crippen molar-refractivity contribution in [3.63, 3.8) is 0 Å². The van der Waals surface area contributed by atoms with Gasteiger partial charge in [0.25, 0.3) is 0 Å². The Morgan fingerprint density at radius 2 is 1.94 bits per heavy atom. The fourth-order valence-electron chi connectivity index (χ4n) is 2.12. The molecule has 0 bridgehead atoms. The second-order valence-corrected chi connectivity index (χ2v) is 5.31. The molecule has 1 rings (SSSR count). The number of nitrogens with one attached hydrogen (secondary N) is 2. The quantitative estimate of drug-likeness (QED) is 0.763. The van der Waals surface area contributed by atoms with Crippen LogP contribution in [0, 0.1) is 5.92 Å². The fraction of sp³-hybridized carbons (Fsp3) is 0.833. The van der Waals surface area contributed by atoms with Gasteiger partial charge in [-0.3, -0.25) is 10.1 Å². The van der Waals surface area contributed by atoms with Crippen molar-refractivity contribution in [1.29, 1.82) is 0 Å². The van der Waals surface area contributed by atoms with E-state index in [1.165, 1.54) is 39.0 Å². The summed E-state index contributed by atoms with van der Waals surface area (Å²) in [5.41, 5.74) is 0. The lowest BCUT2D eigenvalue weighted by Crippen LogP contribution is -2.42. The van der Waals surface area contributed by atoms with Crippen LogP contribution >= 0.6 is 11.6 Å². The highest BCUT2D eigenvalue weighted by Crippen LogP contribution is 2.25. The smallest absolute Gasteiger partial charge is 0.321 e. The van der Waals surface area contributed by atoms with Crippen LogP contribution in [0.3, 0.4) is 0 Å². The van der Waals surface area contributed by atoms with Gasteiger partial charge >= 0.3 is 6.03 Å². The van der Waals surface area contributed by atoms with Crippen LogP contribution in [0.4, 0.5) is 4.79 Å². The standard InChI is InChI=1S/C12H21ClN2O2/c1-9(13)11(16)15-12(17)14-8-7-10-5-3-2-4-6-10/h9-10H,2-8H2,1H3,(H2,14,15,16,17). The van der Waals surface area contributed by atoms with E-state index in [0.717, 1.165) is 12.3 Å². The third-order valence-corrected chi connectivity index (χ3v) is 3.36. The maximum absolute atomic E-state index is 11.3. The van der Waals surface area contributed by atoms with Crippen LogP contribution in [0.15, 0.2) is 0 Å². The number of halogens is 1. The summed E-state index contributed by atoms with van der Waals surface area (Å²) in [6.07, 6.45) is 7.48. The Bertz CT molecular complexity index is 263. The molecule has 17 heavy (non-hydrogen) atoms. The van der Waals surface area contributed by atoms with Crippen molar-refractivity contribution >= 4 is 23.5 Å². The summed E-state index contributed by atoms with van der Waals surface area (Å²) >= 11 is 5.54. The van der Waals surface area contributed by atoms with Gasteiger partial charge in [-0.2, -0.15) is 0 Å². The first-order valence-corrected chi connectivity index (χ1v) is 6.76. The Balaban J connectivity index is 2.09. The molecule has 3 amide bonds. The maximum atomic E-state index is 11.3. The van der Waals surface area contributed by atoms with Gasteiger partial charge in [-0.1, -0.05) is 32.1 Å². The predicted octanol–water partition coefficient (Wildman–Crippen LogP) is 2.41. The van der Waals surface area contributed by atoms with Gasteiger partial charge in [0.15, 0.2) is 0 Å². The fourth-order valence-corrected chi connectivity index (χ4v) is 2.18. The number of hydrogen-bond acceptors (Lipinski definition) is 2. The number of hydrogen-bond donors (Lipinski definition) is 2. The van der Waals surface area contributed by atoms with Gasteiger partial charge in [-0.05, 0) is 19.3 Å². The Labute approximate surface area is 107 Å². The van der Waals surface area contributed by atoms with Crippen molar-refractivity contribution in [2.75, 3.05) is 6.54 Å². The monoisotopic (exact) mass is 260 g/mol. The average Bonchev–Trinajstić information content (AvgIpc) is 2.30. The highest BCUT2D eigenvalue weighted by molar-refractivity contribution is 6.31. The second kappa shape index (κ2) is 7.54. The van der Waals surface area contributed by atoms with Gasteiger partial charge in [0.05, 0.1) is 0 Å². The van der Waals surface area contributed by atoms with E-state index in [2.05, 4.69) is 10.6 Å². The summed E-state index contributed by atoms with van der Waals surface area (Å²) < 4.78 is 0. The minimum atomic E-state index is -0.681. The minimum Gasteiger partial charge on any atom is -0.338 e. The molecule has 0 spiro atoms. The molecule has 1 fully saturated rings. The van der Waals surface area contributed by atoms with Crippen LogP contribution in [0.5, 0.6) is 0 Å². The number of urea groups is 1. The molecule has 1 atom stereocenters. The molecule has 2 N–H and O–H groups in total. The van der Waals surface area contributed by atoms with Crippen LogP contribution in [0.25, 0.3) is 0 Å². The topological polar surface area (TPSA) is 58.2 Å².